The van der Waals surface area contributed by atoms with Gasteiger partial charge in [0.1, 0.15) is 11.6 Å². The molecule has 0 radical (unpaired) electrons. The number of carboxylic acid groups (broad SMARTS) is 1. The van der Waals surface area contributed by atoms with Crippen LogP contribution in [0.2, 0.25) is 0 Å². The Morgan fingerprint density at radius 1 is 1.33 bits per heavy atom. The number of hydrogen-bond donors (Lipinski definition) is 1. The number of carbonyl (C=O) groups excluding carboxylic acids is 1. The molecule has 0 aromatic heterocycles. The van der Waals surface area contributed by atoms with Gasteiger partial charge in [0.25, 0.3) is 0 Å². The largest absolute Gasteiger partial charge is 0.481 e. The van der Waals surface area contributed by atoms with Crippen LogP contribution in [0.25, 0.3) is 0 Å². The first kappa shape index (κ1) is 17.4. The summed E-state index contributed by atoms with van der Waals surface area (Å²) >= 11 is 0. The summed E-state index contributed by atoms with van der Waals surface area (Å²) < 4.78 is 26.4. The van der Waals surface area contributed by atoms with E-state index < -0.39 is 23.5 Å². The smallest absolute Gasteiger partial charge is 0.308 e. The molecule has 1 N–H and O–H groups in total. The van der Waals surface area contributed by atoms with E-state index in [1.807, 2.05) is 0 Å². The van der Waals surface area contributed by atoms with Crippen molar-refractivity contribution < 1.29 is 23.5 Å². The lowest BCUT2D eigenvalue weighted by atomic mass is 10.1. The van der Waals surface area contributed by atoms with Gasteiger partial charge in [-0.15, -0.1) is 12.4 Å². The van der Waals surface area contributed by atoms with Crippen LogP contribution in [0, 0.1) is 17.6 Å². The molecule has 2 rings (SSSR count). The molecule has 1 amide bonds. The molecule has 0 spiro atoms. The van der Waals surface area contributed by atoms with Gasteiger partial charge in [-0.3, -0.25) is 9.59 Å². The first-order valence-corrected chi connectivity index (χ1v) is 6.42. The Bertz CT molecular complexity index is 539. The van der Waals surface area contributed by atoms with Gasteiger partial charge in [0.05, 0.1) is 5.92 Å². The molecule has 1 aromatic carbocycles. The monoisotopic (exact) mass is 319 g/mol. The summed E-state index contributed by atoms with van der Waals surface area (Å²) in [5.74, 6) is -2.73. The molecule has 21 heavy (non-hydrogen) atoms. The number of aliphatic carboxylic acids is 1. The van der Waals surface area contributed by atoms with Crippen LogP contribution in [0.4, 0.5) is 8.78 Å². The van der Waals surface area contributed by atoms with Crippen LogP contribution in [-0.2, 0) is 16.0 Å². The Hall–Kier alpha value is -1.69. The highest BCUT2D eigenvalue weighted by molar-refractivity contribution is 5.85. The molecule has 1 atom stereocenters. The highest BCUT2D eigenvalue weighted by Gasteiger charge is 2.30. The Morgan fingerprint density at radius 3 is 2.67 bits per heavy atom. The third-order valence-corrected chi connectivity index (χ3v) is 3.51. The molecule has 1 fully saturated rings. The maximum absolute atomic E-state index is 13.4. The highest BCUT2D eigenvalue weighted by atomic mass is 35.5. The van der Waals surface area contributed by atoms with Crippen molar-refractivity contribution in [2.24, 2.45) is 5.92 Å². The number of nitrogens with zero attached hydrogens (tertiary/aromatic N) is 1. The minimum absolute atomic E-state index is 0. The Labute approximate surface area is 127 Å². The van der Waals surface area contributed by atoms with Crippen molar-refractivity contribution in [2.45, 2.75) is 19.3 Å². The van der Waals surface area contributed by atoms with Crippen LogP contribution >= 0.6 is 12.4 Å². The Kier molecular flexibility index (Phi) is 6.08. The first-order valence-electron chi connectivity index (χ1n) is 6.42. The molecule has 1 aromatic rings. The number of hydrogen-bond acceptors (Lipinski definition) is 2. The van der Waals surface area contributed by atoms with Crippen molar-refractivity contribution in [1.82, 2.24) is 4.90 Å². The number of halogens is 3. The SMILES string of the molecule is Cl.O=C(O)C1CCN(C(=O)CCc2cc(F)ccc2F)C1. The summed E-state index contributed by atoms with van der Waals surface area (Å²) in [7, 11) is 0. The van der Waals surface area contributed by atoms with Gasteiger partial charge in [0.2, 0.25) is 5.91 Å². The second kappa shape index (κ2) is 7.36. The molecular formula is C14H16ClF2NO3. The maximum Gasteiger partial charge on any atom is 0.308 e. The van der Waals surface area contributed by atoms with Gasteiger partial charge in [0.15, 0.2) is 0 Å². The van der Waals surface area contributed by atoms with Crippen molar-refractivity contribution in [3.8, 4) is 0 Å². The number of aryl methyl sites for hydroxylation is 1. The summed E-state index contributed by atoms with van der Waals surface area (Å²) in [5.41, 5.74) is 0.160. The van der Waals surface area contributed by atoms with Crippen LogP contribution in [0.5, 0.6) is 0 Å². The van der Waals surface area contributed by atoms with Crippen molar-refractivity contribution in [3.05, 3.63) is 35.4 Å². The van der Waals surface area contributed by atoms with Crippen LogP contribution in [0.3, 0.4) is 0 Å². The molecule has 1 aliphatic rings. The normalized spacial score (nSPS) is 17.4. The van der Waals surface area contributed by atoms with Crippen LogP contribution in [0.1, 0.15) is 18.4 Å². The third-order valence-electron chi connectivity index (χ3n) is 3.51. The zero-order chi connectivity index (χ0) is 14.7. The number of rotatable bonds is 4. The van der Waals surface area contributed by atoms with Crippen LogP contribution in [-0.4, -0.2) is 35.0 Å². The van der Waals surface area contributed by atoms with Crippen LogP contribution in [0.15, 0.2) is 18.2 Å². The minimum Gasteiger partial charge on any atom is -0.481 e. The Balaban J connectivity index is 0.00000220. The van der Waals surface area contributed by atoms with Crippen molar-refractivity contribution >= 4 is 24.3 Å². The summed E-state index contributed by atoms with van der Waals surface area (Å²) in [6.07, 6.45) is 0.596. The summed E-state index contributed by atoms with van der Waals surface area (Å²) in [6.45, 7) is 0.598. The third kappa shape index (κ3) is 4.39. The predicted molar refractivity (Wildman–Crippen MR) is 74.2 cm³/mol. The molecular weight excluding hydrogens is 304 g/mol. The van der Waals surface area contributed by atoms with E-state index >= 15 is 0 Å². The fourth-order valence-corrected chi connectivity index (χ4v) is 2.32. The summed E-state index contributed by atoms with van der Waals surface area (Å²) in [4.78, 5) is 24.2. The number of likely N-dealkylation sites (tertiary alicyclic amines) is 1. The first-order chi connectivity index (χ1) is 9.47. The van der Waals surface area contributed by atoms with Crippen molar-refractivity contribution in [1.29, 1.82) is 0 Å². The number of amides is 1. The summed E-state index contributed by atoms with van der Waals surface area (Å²) in [5, 5.41) is 8.86. The molecule has 0 saturated carbocycles. The molecule has 4 nitrogen and oxygen atoms in total. The van der Waals surface area contributed by atoms with E-state index in [0.717, 1.165) is 18.2 Å². The van der Waals surface area contributed by atoms with Gasteiger partial charge < -0.3 is 10.0 Å². The van der Waals surface area contributed by atoms with E-state index in [9.17, 15) is 18.4 Å². The van der Waals surface area contributed by atoms with E-state index in [1.165, 1.54) is 4.90 Å². The average molecular weight is 320 g/mol. The van der Waals surface area contributed by atoms with E-state index in [4.69, 9.17) is 5.11 Å². The standard InChI is InChI=1S/C14H15F2NO3.ClH/c15-11-2-3-12(16)9(7-11)1-4-13(18)17-6-5-10(8-17)14(19)20;/h2-3,7,10H,1,4-6,8H2,(H,19,20);1H. The van der Waals surface area contributed by atoms with Gasteiger partial charge in [-0.1, -0.05) is 0 Å². The maximum atomic E-state index is 13.4. The quantitative estimate of drug-likeness (QED) is 0.926. The molecule has 0 bridgehead atoms. The summed E-state index contributed by atoms with van der Waals surface area (Å²) in [6, 6.07) is 3.14. The molecule has 0 aliphatic carbocycles. The van der Waals surface area contributed by atoms with E-state index in [0.29, 0.717) is 13.0 Å². The van der Waals surface area contributed by atoms with Crippen LogP contribution < -0.4 is 0 Å². The van der Waals surface area contributed by atoms with Gasteiger partial charge >= 0.3 is 5.97 Å². The predicted octanol–water partition coefficient (Wildman–Crippen LogP) is 2.25. The van der Waals surface area contributed by atoms with Gasteiger partial charge in [-0.25, -0.2) is 8.78 Å². The molecule has 7 heteroatoms. The van der Waals surface area contributed by atoms with E-state index in [2.05, 4.69) is 0 Å². The van der Waals surface area contributed by atoms with Crippen molar-refractivity contribution in [2.75, 3.05) is 13.1 Å². The van der Waals surface area contributed by atoms with E-state index in [-0.39, 0.29) is 43.3 Å². The highest BCUT2D eigenvalue weighted by Crippen LogP contribution is 2.18. The molecule has 1 aliphatic heterocycles. The lowest BCUT2D eigenvalue weighted by molar-refractivity contribution is -0.141. The number of benzene rings is 1. The topological polar surface area (TPSA) is 57.6 Å². The van der Waals surface area contributed by atoms with Gasteiger partial charge in [-0.05, 0) is 36.6 Å². The lowest BCUT2D eigenvalue weighted by Crippen LogP contribution is -2.30. The second-order valence-electron chi connectivity index (χ2n) is 4.90. The number of carboxylic acids is 1. The zero-order valence-corrected chi connectivity index (χ0v) is 12.0. The zero-order valence-electron chi connectivity index (χ0n) is 11.2. The van der Waals surface area contributed by atoms with Gasteiger partial charge in [-0.2, -0.15) is 0 Å². The molecule has 116 valence electrons. The molecule has 1 saturated heterocycles. The number of carbonyl (C=O) groups is 2. The fourth-order valence-electron chi connectivity index (χ4n) is 2.32. The lowest BCUT2D eigenvalue weighted by Gasteiger charge is -2.15. The fraction of sp³-hybridized carbons (Fsp3) is 0.429. The molecule has 1 unspecified atom stereocenters. The van der Waals surface area contributed by atoms with Gasteiger partial charge in [0, 0.05) is 19.5 Å². The Morgan fingerprint density at radius 2 is 2.05 bits per heavy atom. The minimum atomic E-state index is -0.906. The van der Waals surface area contributed by atoms with Crippen molar-refractivity contribution in [3.63, 3.8) is 0 Å². The molecule has 1 heterocycles. The second-order valence-corrected chi connectivity index (χ2v) is 4.90. The average Bonchev–Trinajstić information content (AvgIpc) is 2.89. The van der Waals surface area contributed by atoms with E-state index in [1.54, 1.807) is 0 Å².